The molecule has 0 aromatic carbocycles. The highest BCUT2D eigenvalue weighted by Gasteiger charge is 2.46. The standard InChI is InChI=1S/C18H33NO/c1-14-9-17(2,3)12-18(10-14)13-19-11-16(20-18)8-15-6-4-5-7-15/h14-16,19H,4-13H2,1-3H3. The van der Waals surface area contributed by atoms with Crippen LogP contribution in [0.1, 0.15) is 72.1 Å². The van der Waals surface area contributed by atoms with Gasteiger partial charge in [-0.1, -0.05) is 46.5 Å². The van der Waals surface area contributed by atoms with Gasteiger partial charge in [0.1, 0.15) is 0 Å². The second-order valence-corrected chi connectivity index (χ2v) is 8.79. The van der Waals surface area contributed by atoms with Crippen LogP contribution >= 0.6 is 0 Å². The lowest BCUT2D eigenvalue weighted by Crippen LogP contribution is -2.58. The Bertz CT molecular complexity index is 334. The van der Waals surface area contributed by atoms with Crippen molar-refractivity contribution in [1.29, 1.82) is 0 Å². The van der Waals surface area contributed by atoms with E-state index < -0.39 is 0 Å². The number of morpholine rings is 1. The minimum atomic E-state index is 0.128. The molecule has 1 heterocycles. The van der Waals surface area contributed by atoms with Gasteiger partial charge < -0.3 is 10.1 Å². The predicted molar refractivity (Wildman–Crippen MR) is 83.8 cm³/mol. The lowest BCUT2D eigenvalue weighted by atomic mass is 9.65. The largest absolute Gasteiger partial charge is 0.369 e. The van der Waals surface area contributed by atoms with Gasteiger partial charge in [0.25, 0.3) is 0 Å². The lowest BCUT2D eigenvalue weighted by Gasteiger charge is -2.51. The molecule has 1 spiro atoms. The fourth-order valence-corrected chi connectivity index (χ4v) is 5.54. The summed E-state index contributed by atoms with van der Waals surface area (Å²) in [7, 11) is 0. The molecule has 3 atom stereocenters. The second-order valence-electron chi connectivity index (χ2n) is 8.79. The Hall–Kier alpha value is -0.0800. The van der Waals surface area contributed by atoms with Gasteiger partial charge in [0.15, 0.2) is 0 Å². The van der Waals surface area contributed by atoms with E-state index in [4.69, 9.17) is 4.74 Å². The zero-order valence-electron chi connectivity index (χ0n) is 13.7. The molecule has 116 valence electrons. The molecule has 3 unspecified atom stereocenters. The summed E-state index contributed by atoms with van der Waals surface area (Å²) in [4.78, 5) is 0. The van der Waals surface area contributed by atoms with Crippen molar-refractivity contribution in [2.45, 2.75) is 83.8 Å². The summed E-state index contributed by atoms with van der Waals surface area (Å²) in [6.45, 7) is 9.41. The molecule has 0 aromatic heterocycles. The molecule has 0 amide bonds. The van der Waals surface area contributed by atoms with Crippen molar-refractivity contribution in [1.82, 2.24) is 5.32 Å². The van der Waals surface area contributed by atoms with E-state index in [0.29, 0.717) is 11.5 Å². The van der Waals surface area contributed by atoms with Gasteiger partial charge in [-0.2, -0.15) is 0 Å². The van der Waals surface area contributed by atoms with Crippen molar-refractivity contribution in [2.24, 2.45) is 17.3 Å². The molecule has 1 N–H and O–H groups in total. The molecule has 0 bridgehead atoms. The molecule has 1 aliphatic heterocycles. The zero-order valence-corrected chi connectivity index (χ0v) is 13.7. The Labute approximate surface area is 125 Å². The summed E-state index contributed by atoms with van der Waals surface area (Å²) >= 11 is 0. The third kappa shape index (κ3) is 3.39. The highest BCUT2D eigenvalue weighted by atomic mass is 16.5. The van der Waals surface area contributed by atoms with Crippen LogP contribution in [-0.2, 0) is 4.74 Å². The van der Waals surface area contributed by atoms with Gasteiger partial charge in [-0.3, -0.25) is 0 Å². The molecule has 3 fully saturated rings. The van der Waals surface area contributed by atoms with Gasteiger partial charge in [0.05, 0.1) is 11.7 Å². The van der Waals surface area contributed by atoms with Crippen molar-refractivity contribution < 1.29 is 4.74 Å². The van der Waals surface area contributed by atoms with E-state index in [1.165, 1.54) is 51.4 Å². The molecule has 2 nitrogen and oxygen atoms in total. The lowest BCUT2D eigenvalue weighted by molar-refractivity contribution is -0.166. The number of rotatable bonds is 2. The number of hydrogen-bond donors (Lipinski definition) is 1. The summed E-state index contributed by atoms with van der Waals surface area (Å²) < 4.78 is 6.72. The Morgan fingerprint density at radius 3 is 2.60 bits per heavy atom. The van der Waals surface area contributed by atoms with Crippen LogP contribution in [0, 0.1) is 17.3 Å². The molecule has 2 aliphatic carbocycles. The van der Waals surface area contributed by atoms with E-state index in [0.717, 1.165) is 24.9 Å². The maximum Gasteiger partial charge on any atom is 0.0818 e. The molecule has 2 heteroatoms. The van der Waals surface area contributed by atoms with Gasteiger partial charge >= 0.3 is 0 Å². The Morgan fingerprint density at radius 2 is 1.90 bits per heavy atom. The maximum absolute atomic E-state index is 6.72. The first kappa shape index (κ1) is 14.8. The first-order valence-corrected chi connectivity index (χ1v) is 8.85. The molecular formula is C18H33NO. The third-order valence-electron chi connectivity index (χ3n) is 5.73. The van der Waals surface area contributed by atoms with Gasteiger partial charge in [0, 0.05) is 13.1 Å². The summed E-state index contributed by atoms with van der Waals surface area (Å²) in [5.41, 5.74) is 0.567. The third-order valence-corrected chi connectivity index (χ3v) is 5.73. The van der Waals surface area contributed by atoms with Crippen molar-refractivity contribution >= 4 is 0 Å². The minimum absolute atomic E-state index is 0.128. The smallest absolute Gasteiger partial charge is 0.0818 e. The number of ether oxygens (including phenoxy) is 1. The van der Waals surface area contributed by atoms with Crippen LogP contribution in [0.4, 0.5) is 0 Å². The van der Waals surface area contributed by atoms with Crippen LogP contribution in [-0.4, -0.2) is 24.8 Å². The molecule has 1 saturated heterocycles. The highest BCUT2D eigenvalue weighted by Crippen LogP contribution is 2.47. The van der Waals surface area contributed by atoms with Crippen LogP contribution in [0.25, 0.3) is 0 Å². The van der Waals surface area contributed by atoms with Crippen LogP contribution in [0.5, 0.6) is 0 Å². The van der Waals surface area contributed by atoms with Crippen molar-refractivity contribution in [2.75, 3.05) is 13.1 Å². The summed E-state index contributed by atoms with van der Waals surface area (Å²) in [6, 6.07) is 0. The van der Waals surface area contributed by atoms with Gasteiger partial charge in [0.2, 0.25) is 0 Å². The van der Waals surface area contributed by atoms with Crippen molar-refractivity contribution in [3.05, 3.63) is 0 Å². The van der Waals surface area contributed by atoms with Gasteiger partial charge in [-0.05, 0) is 42.9 Å². The first-order valence-electron chi connectivity index (χ1n) is 8.85. The topological polar surface area (TPSA) is 21.3 Å². The van der Waals surface area contributed by atoms with E-state index in [9.17, 15) is 0 Å². The molecule has 20 heavy (non-hydrogen) atoms. The quantitative estimate of drug-likeness (QED) is 0.820. The number of hydrogen-bond acceptors (Lipinski definition) is 2. The molecule has 2 saturated carbocycles. The first-order chi connectivity index (χ1) is 9.46. The van der Waals surface area contributed by atoms with Gasteiger partial charge in [-0.15, -0.1) is 0 Å². The SMILES string of the molecule is CC1CC(C)(C)CC2(CNCC(CC3CCCC3)O2)C1. The number of nitrogens with one attached hydrogen (secondary N) is 1. The van der Waals surface area contributed by atoms with Crippen LogP contribution < -0.4 is 5.32 Å². The van der Waals surface area contributed by atoms with Crippen LogP contribution in [0.3, 0.4) is 0 Å². The molecule has 0 aromatic rings. The van der Waals surface area contributed by atoms with Crippen LogP contribution in [0.2, 0.25) is 0 Å². The average Bonchev–Trinajstić information content (AvgIpc) is 2.78. The van der Waals surface area contributed by atoms with Crippen LogP contribution in [0.15, 0.2) is 0 Å². The van der Waals surface area contributed by atoms with E-state index in [2.05, 4.69) is 26.1 Å². The molecule has 0 radical (unpaired) electrons. The Morgan fingerprint density at radius 1 is 1.15 bits per heavy atom. The maximum atomic E-state index is 6.72. The van der Waals surface area contributed by atoms with E-state index in [-0.39, 0.29) is 5.60 Å². The van der Waals surface area contributed by atoms with E-state index in [1.807, 2.05) is 0 Å². The monoisotopic (exact) mass is 279 g/mol. The summed E-state index contributed by atoms with van der Waals surface area (Å²) in [6.07, 6.45) is 11.4. The second kappa shape index (κ2) is 5.61. The van der Waals surface area contributed by atoms with Gasteiger partial charge in [-0.25, -0.2) is 0 Å². The Kier molecular flexibility index (Phi) is 4.16. The Balaban J connectivity index is 1.63. The zero-order chi connectivity index (χ0) is 14.2. The normalized spacial score (nSPS) is 42.1. The molecule has 3 rings (SSSR count). The molecular weight excluding hydrogens is 246 g/mol. The molecule has 3 aliphatic rings. The van der Waals surface area contributed by atoms with Crippen molar-refractivity contribution in [3.8, 4) is 0 Å². The van der Waals surface area contributed by atoms with E-state index in [1.54, 1.807) is 0 Å². The summed E-state index contributed by atoms with van der Waals surface area (Å²) in [5, 5.41) is 3.70. The van der Waals surface area contributed by atoms with Crippen molar-refractivity contribution in [3.63, 3.8) is 0 Å². The minimum Gasteiger partial charge on any atom is -0.369 e. The van der Waals surface area contributed by atoms with E-state index >= 15 is 0 Å². The predicted octanol–water partition coefficient (Wildman–Crippen LogP) is 4.14. The fraction of sp³-hybridized carbons (Fsp3) is 1.00. The highest BCUT2D eigenvalue weighted by molar-refractivity contribution is 4.99. The fourth-order valence-electron chi connectivity index (χ4n) is 5.54. The summed E-state index contributed by atoms with van der Waals surface area (Å²) in [5.74, 6) is 1.73. The average molecular weight is 279 g/mol.